The van der Waals surface area contributed by atoms with Crippen LogP contribution in [-0.2, 0) is 24.5 Å². The van der Waals surface area contributed by atoms with Crippen LogP contribution in [0.15, 0.2) is 107 Å². The number of hydrogen-bond acceptors (Lipinski definition) is 6. The molecule has 0 saturated carbocycles. The third kappa shape index (κ3) is 7.32. The zero-order valence-corrected chi connectivity index (χ0v) is 25.4. The number of Topliss-reactive ketones (excluding diaryl/α,β-unsaturated/α-hetero) is 2. The van der Waals surface area contributed by atoms with Crippen molar-refractivity contribution in [2.45, 2.75) is 37.5 Å². The normalized spacial score (nSPS) is 11.3. The number of fused-ring (bicyclic) bond motifs is 1. The summed E-state index contributed by atoms with van der Waals surface area (Å²) >= 11 is 0. The molecule has 0 aliphatic rings. The van der Waals surface area contributed by atoms with Crippen LogP contribution < -0.4 is 0 Å². The molecule has 12 heteroatoms. The van der Waals surface area contributed by atoms with Gasteiger partial charge in [0.1, 0.15) is 0 Å². The van der Waals surface area contributed by atoms with Crippen molar-refractivity contribution in [1.29, 1.82) is 0 Å². The standard InChI is InChI=1S/C18H12N2O3S.C13H16N2O3S/c19-20-18(17(21)14-7-2-1-3-8-14)24(22,23)16-11-10-13-6-4-5-9-15(13)12-16;1-9-5-7-10(8-6-9)19(17,18)12(15-14)11(16)13(2,3)4/h1-12H;5-8H,1-4H3. The van der Waals surface area contributed by atoms with Gasteiger partial charge in [-0.3, -0.25) is 9.59 Å². The molecule has 0 saturated heterocycles. The van der Waals surface area contributed by atoms with Crippen LogP contribution in [0, 0.1) is 12.3 Å². The molecule has 0 aliphatic heterocycles. The number of sulfone groups is 2. The molecule has 43 heavy (non-hydrogen) atoms. The Hall–Kier alpha value is -4.86. The second-order valence-electron chi connectivity index (χ2n) is 10.4. The number of aryl methyl sites for hydroxylation is 1. The van der Waals surface area contributed by atoms with Gasteiger partial charge in [0, 0.05) is 11.0 Å². The number of hydrogen-bond donors (Lipinski definition) is 0. The molecule has 10 nitrogen and oxygen atoms in total. The minimum Gasteiger partial charge on any atom is -0.360 e. The molecule has 0 N–H and O–H groups in total. The molecule has 0 aromatic heterocycles. The predicted octanol–water partition coefficient (Wildman–Crippen LogP) is 5.14. The topological polar surface area (TPSA) is 175 Å². The van der Waals surface area contributed by atoms with E-state index in [9.17, 15) is 26.4 Å². The highest BCUT2D eigenvalue weighted by Gasteiger charge is 2.43. The quantitative estimate of drug-likeness (QED) is 0.0986. The Kier molecular flexibility index (Phi) is 9.85. The summed E-state index contributed by atoms with van der Waals surface area (Å²) in [5.74, 6) is -1.58. The van der Waals surface area contributed by atoms with Gasteiger partial charge in [0.25, 0.3) is 31.2 Å². The summed E-state index contributed by atoms with van der Waals surface area (Å²) in [5.41, 5.74) is 18.1. The van der Waals surface area contributed by atoms with E-state index in [-0.39, 0.29) is 15.4 Å². The Balaban J connectivity index is 0.000000243. The van der Waals surface area contributed by atoms with Crippen LogP contribution >= 0.6 is 0 Å². The van der Waals surface area contributed by atoms with Crippen molar-refractivity contribution < 1.29 is 36.0 Å². The lowest BCUT2D eigenvalue weighted by molar-refractivity contribution is -0.123. The van der Waals surface area contributed by atoms with Crippen molar-refractivity contribution >= 4 is 52.1 Å². The molecule has 4 rings (SSSR count). The number of rotatable bonds is 5. The van der Waals surface area contributed by atoms with E-state index < -0.39 is 46.7 Å². The Morgan fingerprint density at radius 3 is 1.65 bits per heavy atom. The number of carbonyl (C=O) groups is 2. The van der Waals surface area contributed by atoms with Crippen LogP contribution in [0.2, 0.25) is 0 Å². The van der Waals surface area contributed by atoms with E-state index in [1.54, 1.807) is 69.3 Å². The average molecular weight is 617 g/mol. The van der Waals surface area contributed by atoms with Crippen LogP contribution in [0.25, 0.3) is 21.8 Å². The van der Waals surface area contributed by atoms with Crippen molar-refractivity contribution in [2.24, 2.45) is 5.41 Å². The van der Waals surface area contributed by atoms with Gasteiger partial charge in [0.2, 0.25) is 0 Å². The summed E-state index contributed by atoms with van der Waals surface area (Å²) in [6.45, 7) is 6.50. The lowest BCUT2D eigenvalue weighted by Gasteiger charge is -2.12. The summed E-state index contributed by atoms with van der Waals surface area (Å²) in [6, 6.07) is 25.5. The fraction of sp³-hybridized carbons (Fsp3) is 0.161. The maximum atomic E-state index is 12.7. The smallest absolute Gasteiger partial charge is 0.360 e. The van der Waals surface area contributed by atoms with Crippen molar-refractivity contribution in [2.75, 3.05) is 0 Å². The molecule has 0 aliphatic carbocycles. The third-order valence-corrected chi connectivity index (χ3v) is 9.48. The van der Waals surface area contributed by atoms with Crippen molar-refractivity contribution in [1.82, 2.24) is 0 Å². The molecule has 4 aromatic carbocycles. The second-order valence-corrected chi connectivity index (χ2v) is 14.1. The van der Waals surface area contributed by atoms with E-state index in [0.717, 1.165) is 10.9 Å². The first-order valence-electron chi connectivity index (χ1n) is 12.8. The number of benzene rings is 4. The van der Waals surface area contributed by atoms with E-state index in [2.05, 4.69) is 9.58 Å². The molecule has 0 unspecified atom stereocenters. The van der Waals surface area contributed by atoms with Crippen LogP contribution in [-0.4, -0.2) is 48.1 Å². The first-order valence-corrected chi connectivity index (χ1v) is 15.8. The highest BCUT2D eigenvalue weighted by Crippen LogP contribution is 2.22. The minimum absolute atomic E-state index is 0.0662. The summed E-state index contributed by atoms with van der Waals surface area (Å²) in [4.78, 5) is 29.7. The van der Waals surface area contributed by atoms with Gasteiger partial charge >= 0.3 is 10.1 Å². The van der Waals surface area contributed by atoms with E-state index in [1.807, 2.05) is 19.1 Å². The van der Waals surface area contributed by atoms with Gasteiger partial charge in [0.05, 0.1) is 9.79 Å². The highest BCUT2D eigenvalue weighted by molar-refractivity contribution is 8.08. The molecular formula is C31H28N4O6S2. The summed E-state index contributed by atoms with van der Waals surface area (Å²) in [7, 11) is -8.34. The van der Waals surface area contributed by atoms with Gasteiger partial charge in [-0.25, -0.2) is 16.8 Å². The Morgan fingerprint density at radius 2 is 1.12 bits per heavy atom. The zero-order valence-electron chi connectivity index (χ0n) is 23.8. The highest BCUT2D eigenvalue weighted by atomic mass is 32.2. The molecule has 0 radical (unpaired) electrons. The maximum Gasteiger partial charge on any atom is 0.456 e. The van der Waals surface area contributed by atoms with Crippen LogP contribution in [0.3, 0.4) is 0 Å². The zero-order chi connectivity index (χ0) is 32.0. The van der Waals surface area contributed by atoms with E-state index in [1.165, 1.54) is 36.4 Å². The van der Waals surface area contributed by atoms with Crippen molar-refractivity contribution in [3.05, 3.63) is 119 Å². The fourth-order valence-corrected chi connectivity index (χ4v) is 6.35. The van der Waals surface area contributed by atoms with Crippen LogP contribution in [0.5, 0.6) is 0 Å². The molecule has 0 fully saturated rings. The van der Waals surface area contributed by atoms with Crippen molar-refractivity contribution in [3.8, 4) is 0 Å². The van der Waals surface area contributed by atoms with Crippen molar-refractivity contribution in [3.63, 3.8) is 0 Å². The lowest BCUT2D eigenvalue weighted by Crippen LogP contribution is -2.34. The first kappa shape index (κ1) is 32.7. The van der Waals surface area contributed by atoms with E-state index in [4.69, 9.17) is 11.1 Å². The molecule has 220 valence electrons. The molecule has 0 atom stereocenters. The molecule has 0 bridgehead atoms. The molecule has 0 heterocycles. The minimum atomic E-state index is -4.24. The monoisotopic (exact) mass is 616 g/mol. The van der Waals surface area contributed by atoms with Gasteiger partial charge in [-0.2, -0.15) is 0 Å². The van der Waals surface area contributed by atoms with Gasteiger partial charge in [-0.05, 0) is 42.0 Å². The van der Waals surface area contributed by atoms with E-state index >= 15 is 0 Å². The van der Waals surface area contributed by atoms with Gasteiger partial charge in [-0.1, -0.05) is 99.1 Å². The third-order valence-electron chi connectivity index (χ3n) is 6.16. The first-order chi connectivity index (χ1) is 20.1. The van der Waals surface area contributed by atoms with Crippen LogP contribution in [0.1, 0.15) is 36.7 Å². The second kappa shape index (κ2) is 13.0. The average Bonchev–Trinajstić information content (AvgIpc) is 2.98. The van der Waals surface area contributed by atoms with Gasteiger partial charge < -0.3 is 11.1 Å². The Bertz CT molecular complexity index is 2020. The fourth-order valence-electron chi connectivity index (χ4n) is 3.75. The Morgan fingerprint density at radius 1 is 0.628 bits per heavy atom. The van der Waals surface area contributed by atoms with Gasteiger partial charge in [-0.15, -0.1) is 9.58 Å². The summed E-state index contributed by atoms with van der Waals surface area (Å²) in [5, 5.41) is -0.149. The lowest BCUT2D eigenvalue weighted by atomic mass is 9.91. The molecular weight excluding hydrogens is 588 g/mol. The summed E-state index contributed by atoms with van der Waals surface area (Å²) in [6.07, 6.45) is 0. The number of carbonyl (C=O) groups excluding carboxylic acids is 2. The number of nitrogens with zero attached hydrogens (tertiary/aromatic N) is 4. The predicted molar refractivity (Wildman–Crippen MR) is 162 cm³/mol. The molecule has 4 aromatic rings. The SMILES string of the molecule is Cc1ccc(S(=O)(=O)C(=[N+]=[N-])C(=O)C(C)(C)C)cc1.[N-]=[N+]=C(C(=O)c1ccccc1)S(=O)(=O)c1ccc2ccccc2c1. The number of ketones is 2. The van der Waals surface area contributed by atoms with Gasteiger partial charge in [0.15, 0.2) is 0 Å². The Labute approximate surface area is 249 Å². The van der Waals surface area contributed by atoms with Crippen LogP contribution in [0.4, 0.5) is 0 Å². The largest absolute Gasteiger partial charge is 0.456 e. The molecule has 0 amide bonds. The maximum absolute atomic E-state index is 12.7. The summed E-state index contributed by atoms with van der Waals surface area (Å²) < 4.78 is 49.9. The molecule has 0 spiro atoms. The van der Waals surface area contributed by atoms with E-state index in [0.29, 0.717) is 5.39 Å².